The minimum atomic E-state index is -3.90. The van der Waals surface area contributed by atoms with E-state index in [1.165, 1.54) is 23.3 Å². The Hall–Kier alpha value is -3.65. The molecule has 1 heterocycles. The van der Waals surface area contributed by atoms with Crippen LogP contribution in [-0.2, 0) is 16.4 Å². The van der Waals surface area contributed by atoms with E-state index in [9.17, 15) is 13.2 Å². The lowest BCUT2D eigenvalue weighted by Crippen LogP contribution is -2.40. The molecule has 0 aliphatic heterocycles. The molecular formula is C25H26N4O3S. The number of benzene rings is 3. The van der Waals surface area contributed by atoms with E-state index in [4.69, 9.17) is 0 Å². The molecule has 170 valence electrons. The van der Waals surface area contributed by atoms with Gasteiger partial charge in [0.15, 0.2) is 0 Å². The molecule has 1 aromatic heterocycles. The Balaban J connectivity index is 1.35. The first-order valence-corrected chi connectivity index (χ1v) is 12.1. The number of amides is 2. The van der Waals surface area contributed by atoms with Crippen LogP contribution in [-0.4, -0.2) is 30.5 Å². The van der Waals surface area contributed by atoms with Crippen molar-refractivity contribution < 1.29 is 13.2 Å². The van der Waals surface area contributed by atoms with E-state index in [1.54, 1.807) is 12.1 Å². The predicted octanol–water partition coefficient (Wildman–Crippen LogP) is 4.18. The van der Waals surface area contributed by atoms with Crippen molar-refractivity contribution in [1.29, 1.82) is 0 Å². The first-order valence-electron chi connectivity index (χ1n) is 10.6. The fraction of sp³-hybridized carbons (Fsp3) is 0.200. The summed E-state index contributed by atoms with van der Waals surface area (Å²) in [5.41, 5.74) is 7.41. The van der Waals surface area contributed by atoms with E-state index >= 15 is 0 Å². The van der Waals surface area contributed by atoms with Crippen LogP contribution in [0.25, 0.3) is 16.7 Å². The molecule has 0 saturated carbocycles. The number of nitrogens with one attached hydrogen (secondary N) is 2. The van der Waals surface area contributed by atoms with Gasteiger partial charge in [-0.3, -0.25) is 4.57 Å². The van der Waals surface area contributed by atoms with Crippen molar-refractivity contribution in [2.75, 3.05) is 6.54 Å². The van der Waals surface area contributed by atoms with Gasteiger partial charge in [-0.1, -0.05) is 29.8 Å². The van der Waals surface area contributed by atoms with Gasteiger partial charge in [0.1, 0.15) is 6.33 Å². The highest BCUT2D eigenvalue weighted by molar-refractivity contribution is 7.90. The molecule has 0 aliphatic rings. The third kappa shape index (κ3) is 5.06. The highest BCUT2D eigenvalue weighted by atomic mass is 32.2. The molecule has 2 N–H and O–H groups in total. The zero-order valence-electron chi connectivity index (χ0n) is 18.8. The van der Waals surface area contributed by atoms with E-state index in [2.05, 4.69) is 36.3 Å². The number of fused-ring (bicyclic) bond motifs is 1. The largest absolute Gasteiger partial charge is 0.337 e. The molecule has 3 aromatic carbocycles. The molecule has 0 atom stereocenters. The van der Waals surface area contributed by atoms with Crippen LogP contribution in [0.5, 0.6) is 0 Å². The monoisotopic (exact) mass is 462 g/mol. The first kappa shape index (κ1) is 22.5. The summed E-state index contributed by atoms with van der Waals surface area (Å²) in [6.07, 6.45) is 2.39. The van der Waals surface area contributed by atoms with Crippen LogP contribution in [0.15, 0.2) is 71.9 Å². The average Bonchev–Trinajstić information content (AvgIpc) is 3.17. The van der Waals surface area contributed by atoms with E-state index in [0.717, 1.165) is 27.8 Å². The van der Waals surface area contributed by atoms with Crippen LogP contribution >= 0.6 is 0 Å². The average molecular weight is 463 g/mol. The van der Waals surface area contributed by atoms with Crippen molar-refractivity contribution in [3.8, 4) is 5.69 Å². The quantitative estimate of drug-likeness (QED) is 0.450. The second-order valence-corrected chi connectivity index (χ2v) is 9.81. The van der Waals surface area contributed by atoms with Crippen LogP contribution in [0.2, 0.25) is 0 Å². The molecule has 0 bridgehead atoms. The smallest absolute Gasteiger partial charge is 0.328 e. The molecule has 0 spiro atoms. The highest BCUT2D eigenvalue weighted by Crippen LogP contribution is 2.22. The van der Waals surface area contributed by atoms with Gasteiger partial charge >= 0.3 is 6.03 Å². The third-order valence-electron chi connectivity index (χ3n) is 5.63. The lowest BCUT2D eigenvalue weighted by atomic mass is 10.1. The maximum atomic E-state index is 12.3. The van der Waals surface area contributed by atoms with Crippen molar-refractivity contribution in [2.24, 2.45) is 0 Å². The van der Waals surface area contributed by atoms with Crippen molar-refractivity contribution in [2.45, 2.75) is 32.1 Å². The number of hydrogen-bond acceptors (Lipinski definition) is 4. The Morgan fingerprint density at radius 2 is 1.61 bits per heavy atom. The molecule has 33 heavy (non-hydrogen) atoms. The molecule has 2 amide bonds. The minimum Gasteiger partial charge on any atom is -0.337 e. The number of nitrogens with zero attached hydrogens (tertiary/aromatic N) is 2. The van der Waals surface area contributed by atoms with Gasteiger partial charge in [0.05, 0.1) is 15.9 Å². The summed E-state index contributed by atoms with van der Waals surface area (Å²) in [6, 6.07) is 17.8. The van der Waals surface area contributed by atoms with Gasteiger partial charge in [0.2, 0.25) is 0 Å². The summed E-state index contributed by atoms with van der Waals surface area (Å²) < 4.78 is 28.7. The fourth-order valence-electron chi connectivity index (χ4n) is 3.55. The zero-order chi connectivity index (χ0) is 23.6. The fourth-order valence-corrected chi connectivity index (χ4v) is 4.48. The Kier molecular flexibility index (Phi) is 6.20. The maximum Gasteiger partial charge on any atom is 0.328 e. The Labute approximate surface area is 193 Å². The van der Waals surface area contributed by atoms with Crippen molar-refractivity contribution in [1.82, 2.24) is 19.6 Å². The third-order valence-corrected chi connectivity index (χ3v) is 6.98. The Morgan fingerprint density at radius 1 is 0.939 bits per heavy atom. The second kappa shape index (κ2) is 9.07. The highest BCUT2D eigenvalue weighted by Gasteiger charge is 2.17. The second-order valence-electron chi connectivity index (χ2n) is 8.13. The first-order chi connectivity index (χ1) is 15.7. The van der Waals surface area contributed by atoms with Crippen molar-refractivity contribution in [3.63, 3.8) is 0 Å². The van der Waals surface area contributed by atoms with Crippen LogP contribution in [0.4, 0.5) is 4.79 Å². The lowest BCUT2D eigenvalue weighted by molar-refractivity contribution is 0.246. The Bertz CT molecular complexity index is 1410. The van der Waals surface area contributed by atoms with Crippen molar-refractivity contribution in [3.05, 3.63) is 89.2 Å². The summed E-state index contributed by atoms with van der Waals surface area (Å²) in [5.74, 6) is 0. The number of carbonyl (C=O) groups excluding carboxylic acids is 1. The van der Waals surface area contributed by atoms with Gasteiger partial charge in [0.25, 0.3) is 10.0 Å². The standard InChI is InChI=1S/C25H26N4O3S/c1-17-4-10-22(11-5-17)33(31,32)28-25(30)26-13-12-20-6-8-21(9-7-20)29-16-27-23-14-18(2)19(3)15-24(23)29/h4-11,14-16H,12-13H2,1-3H3,(H2,26,28,30). The number of aromatic nitrogens is 2. The number of sulfonamides is 1. The molecule has 7 nitrogen and oxygen atoms in total. The van der Waals surface area contributed by atoms with Crippen LogP contribution in [0.3, 0.4) is 0 Å². The van der Waals surface area contributed by atoms with Gasteiger partial charge in [-0.25, -0.2) is 22.9 Å². The molecule has 0 unspecified atom stereocenters. The molecule has 0 aliphatic carbocycles. The van der Waals surface area contributed by atoms with E-state index in [1.807, 2.05) is 46.8 Å². The van der Waals surface area contributed by atoms with Gasteiger partial charge < -0.3 is 5.32 Å². The number of hydrogen-bond donors (Lipinski definition) is 2. The van der Waals surface area contributed by atoms with Crippen LogP contribution < -0.4 is 10.0 Å². The SMILES string of the molecule is Cc1ccc(S(=O)(=O)NC(=O)NCCc2ccc(-n3cnc4cc(C)c(C)cc43)cc2)cc1. The maximum absolute atomic E-state index is 12.3. The summed E-state index contributed by atoms with van der Waals surface area (Å²) in [6.45, 7) is 6.34. The van der Waals surface area contributed by atoms with Crippen LogP contribution in [0.1, 0.15) is 22.3 Å². The lowest BCUT2D eigenvalue weighted by Gasteiger charge is -2.10. The summed E-state index contributed by atoms with van der Waals surface area (Å²) in [4.78, 5) is 16.6. The van der Waals surface area contributed by atoms with Gasteiger partial charge in [-0.05, 0) is 80.3 Å². The predicted molar refractivity (Wildman–Crippen MR) is 129 cm³/mol. The summed E-state index contributed by atoms with van der Waals surface area (Å²) >= 11 is 0. The summed E-state index contributed by atoms with van der Waals surface area (Å²) in [5, 5.41) is 2.60. The van der Waals surface area contributed by atoms with Gasteiger partial charge in [-0.15, -0.1) is 0 Å². The number of rotatable bonds is 6. The van der Waals surface area contributed by atoms with E-state index in [-0.39, 0.29) is 4.90 Å². The topological polar surface area (TPSA) is 93.1 Å². The number of urea groups is 1. The molecule has 4 aromatic rings. The normalized spacial score (nSPS) is 11.5. The van der Waals surface area contributed by atoms with Gasteiger partial charge in [0, 0.05) is 12.2 Å². The molecule has 0 fully saturated rings. The van der Waals surface area contributed by atoms with E-state index in [0.29, 0.717) is 13.0 Å². The number of carbonyl (C=O) groups is 1. The Morgan fingerprint density at radius 3 is 2.30 bits per heavy atom. The van der Waals surface area contributed by atoms with Gasteiger partial charge in [-0.2, -0.15) is 0 Å². The molecule has 8 heteroatoms. The molecule has 4 rings (SSSR count). The molecule has 0 saturated heterocycles. The zero-order valence-corrected chi connectivity index (χ0v) is 19.6. The summed E-state index contributed by atoms with van der Waals surface area (Å²) in [7, 11) is -3.90. The molecular weight excluding hydrogens is 436 g/mol. The number of aryl methyl sites for hydroxylation is 3. The number of imidazole rings is 1. The van der Waals surface area contributed by atoms with E-state index < -0.39 is 16.1 Å². The minimum absolute atomic E-state index is 0.0521. The van der Waals surface area contributed by atoms with Crippen LogP contribution in [0, 0.1) is 20.8 Å². The molecule has 0 radical (unpaired) electrons. The van der Waals surface area contributed by atoms with Crippen molar-refractivity contribution >= 4 is 27.1 Å².